The molecule has 2 rings (SSSR count). The summed E-state index contributed by atoms with van der Waals surface area (Å²) in [6.07, 6.45) is 2.97. The standard InChI is InChI=1S/C21H34FN3O3.HI/c1-3-23-21(24-10-5-11-27-16-18-8-12-26-13-9-18)25-15-17(2)28-20-7-4-6-19(22)14-20;/h4,6-7,14,17-18H,3,5,8-13,15-16H2,1-2H3,(H2,23,24,25);1H. The molecule has 0 aliphatic carbocycles. The van der Waals surface area contributed by atoms with E-state index >= 15 is 0 Å². The number of benzene rings is 1. The Morgan fingerprint density at radius 2 is 2.10 bits per heavy atom. The van der Waals surface area contributed by atoms with E-state index in [0.717, 1.165) is 64.7 Å². The number of aliphatic imine (C=N–C) groups is 1. The average Bonchev–Trinajstić information content (AvgIpc) is 2.69. The lowest BCUT2D eigenvalue weighted by atomic mass is 10.0. The molecule has 1 atom stereocenters. The highest BCUT2D eigenvalue weighted by Crippen LogP contribution is 2.15. The Hall–Kier alpha value is -1.13. The number of nitrogens with one attached hydrogen (secondary N) is 2. The summed E-state index contributed by atoms with van der Waals surface area (Å²) in [4.78, 5) is 4.54. The van der Waals surface area contributed by atoms with Crippen LogP contribution in [0.25, 0.3) is 0 Å². The van der Waals surface area contributed by atoms with Crippen molar-refractivity contribution in [2.45, 2.75) is 39.2 Å². The Morgan fingerprint density at radius 3 is 2.83 bits per heavy atom. The molecule has 1 aliphatic heterocycles. The van der Waals surface area contributed by atoms with E-state index in [0.29, 0.717) is 18.2 Å². The average molecular weight is 523 g/mol. The number of nitrogens with zero attached hydrogens (tertiary/aromatic N) is 1. The Balaban J connectivity index is 0.00000420. The minimum atomic E-state index is -0.303. The highest BCUT2D eigenvalue weighted by molar-refractivity contribution is 14.0. The predicted molar refractivity (Wildman–Crippen MR) is 125 cm³/mol. The fourth-order valence-electron chi connectivity index (χ4n) is 2.92. The van der Waals surface area contributed by atoms with Gasteiger partial charge >= 0.3 is 0 Å². The van der Waals surface area contributed by atoms with E-state index in [2.05, 4.69) is 15.6 Å². The summed E-state index contributed by atoms with van der Waals surface area (Å²) >= 11 is 0. The minimum absolute atomic E-state index is 0. The molecule has 0 saturated carbocycles. The molecule has 8 heteroatoms. The summed E-state index contributed by atoms with van der Waals surface area (Å²) in [6.45, 7) is 9.28. The maximum atomic E-state index is 13.2. The maximum absolute atomic E-state index is 13.2. The third kappa shape index (κ3) is 11.6. The zero-order valence-electron chi connectivity index (χ0n) is 17.5. The molecular weight excluding hydrogens is 488 g/mol. The smallest absolute Gasteiger partial charge is 0.191 e. The second-order valence-electron chi connectivity index (χ2n) is 7.02. The lowest BCUT2D eigenvalue weighted by Gasteiger charge is -2.21. The topological polar surface area (TPSA) is 64.1 Å². The Bertz CT molecular complexity index is 586. The molecule has 6 nitrogen and oxygen atoms in total. The third-order valence-corrected chi connectivity index (χ3v) is 4.44. The number of rotatable bonds is 11. The first-order valence-electron chi connectivity index (χ1n) is 10.3. The van der Waals surface area contributed by atoms with Crippen LogP contribution in [0, 0.1) is 11.7 Å². The van der Waals surface area contributed by atoms with Crippen molar-refractivity contribution >= 4 is 29.9 Å². The molecular formula is C21H35FIN3O3. The molecule has 166 valence electrons. The second-order valence-corrected chi connectivity index (χ2v) is 7.02. The van der Waals surface area contributed by atoms with Gasteiger partial charge in [0.2, 0.25) is 0 Å². The summed E-state index contributed by atoms with van der Waals surface area (Å²) in [6, 6.07) is 6.16. The van der Waals surface area contributed by atoms with Gasteiger partial charge in [0.05, 0.1) is 6.54 Å². The highest BCUT2D eigenvalue weighted by atomic mass is 127. The predicted octanol–water partition coefficient (Wildman–Crippen LogP) is 3.60. The van der Waals surface area contributed by atoms with E-state index in [1.165, 1.54) is 12.1 Å². The van der Waals surface area contributed by atoms with E-state index in [-0.39, 0.29) is 35.9 Å². The first-order chi connectivity index (χ1) is 13.7. The first kappa shape index (κ1) is 25.9. The molecule has 0 bridgehead atoms. The van der Waals surface area contributed by atoms with Crippen LogP contribution < -0.4 is 15.4 Å². The molecule has 1 aromatic carbocycles. The lowest BCUT2D eigenvalue weighted by Crippen LogP contribution is -2.38. The molecule has 1 saturated heterocycles. The normalized spacial score (nSPS) is 16.0. The summed E-state index contributed by atoms with van der Waals surface area (Å²) in [5.41, 5.74) is 0. The molecule has 29 heavy (non-hydrogen) atoms. The summed E-state index contributed by atoms with van der Waals surface area (Å²) < 4.78 is 30.1. The number of hydrogen-bond donors (Lipinski definition) is 2. The SMILES string of the molecule is CCNC(=NCC(C)Oc1cccc(F)c1)NCCCOCC1CCOCC1.I. The van der Waals surface area contributed by atoms with Gasteiger partial charge in [0.25, 0.3) is 0 Å². The van der Waals surface area contributed by atoms with Crippen LogP contribution in [0.2, 0.25) is 0 Å². The monoisotopic (exact) mass is 523 g/mol. The third-order valence-electron chi connectivity index (χ3n) is 4.44. The van der Waals surface area contributed by atoms with E-state index in [1.807, 2.05) is 13.8 Å². The van der Waals surface area contributed by atoms with Gasteiger partial charge < -0.3 is 24.8 Å². The van der Waals surface area contributed by atoms with Crippen molar-refractivity contribution in [2.75, 3.05) is 46.1 Å². The molecule has 1 fully saturated rings. The van der Waals surface area contributed by atoms with Crippen LogP contribution in [0.4, 0.5) is 4.39 Å². The lowest BCUT2D eigenvalue weighted by molar-refractivity contribution is 0.0203. The van der Waals surface area contributed by atoms with Crippen molar-refractivity contribution in [3.63, 3.8) is 0 Å². The number of halogens is 2. The van der Waals surface area contributed by atoms with Gasteiger partial charge in [-0.15, -0.1) is 24.0 Å². The number of ether oxygens (including phenoxy) is 3. The largest absolute Gasteiger partial charge is 0.489 e. The van der Waals surface area contributed by atoms with Gasteiger partial charge in [0.1, 0.15) is 17.7 Å². The number of guanidine groups is 1. The van der Waals surface area contributed by atoms with Gasteiger partial charge in [-0.3, -0.25) is 0 Å². The van der Waals surface area contributed by atoms with Gasteiger partial charge in [0, 0.05) is 45.6 Å². The Labute approximate surface area is 191 Å². The molecule has 0 aromatic heterocycles. The van der Waals surface area contributed by atoms with Crippen molar-refractivity contribution in [3.8, 4) is 5.75 Å². The molecule has 1 aromatic rings. The van der Waals surface area contributed by atoms with Crippen LogP contribution in [-0.4, -0.2) is 58.1 Å². The van der Waals surface area contributed by atoms with Crippen LogP contribution in [0.5, 0.6) is 5.75 Å². The zero-order chi connectivity index (χ0) is 20.0. The maximum Gasteiger partial charge on any atom is 0.191 e. The molecule has 1 heterocycles. The molecule has 1 unspecified atom stereocenters. The van der Waals surface area contributed by atoms with Crippen molar-refractivity contribution in [1.29, 1.82) is 0 Å². The fourth-order valence-corrected chi connectivity index (χ4v) is 2.92. The fraction of sp³-hybridized carbons (Fsp3) is 0.667. The summed E-state index contributed by atoms with van der Waals surface area (Å²) in [7, 11) is 0. The molecule has 0 spiro atoms. The van der Waals surface area contributed by atoms with Gasteiger partial charge in [0.15, 0.2) is 5.96 Å². The van der Waals surface area contributed by atoms with Crippen LogP contribution >= 0.6 is 24.0 Å². The van der Waals surface area contributed by atoms with Crippen LogP contribution in [0.15, 0.2) is 29.3 Å². The summed E-state index contributed by atoms with van der Waals surface area (Å²) in [5.74, 6) is 1.60. The quantitative estimate of drug-likeness (QED) is 0.201. The molecule has 1 aliphatic rings. The van der Waals surface area contributed by atoms with Crippen molar-refractivity contribution < 1.29 is 18.6 Å². The molecule has 2 N–H and O–H groups in total. The van der Waals surface area contributed by atoms with Crippen molar-refractivity contribution in [3.05, 3.63) is 30.1 Å². The number of hydrogen-bond acceptors (Lipinski definition) is 4. The zero-order valence-corrected chi connectivity index (χ0v) is 19.8. The summed E-state index contributed by atoms with van der Waals surface area (Å²) in [5, 5.41) is 6.53. The molecule has 0 radical (unpaired) electrons. The van der Waals surface area contributed by atoms with Gasteiger partial charge in [-0.25, -0.2) is 9.38 Å². The van der Waals surface area contributed by atoms with Gasteiger partial charge in [-0.05, 0) is 51.2 Å². The van der Waals surface area contributed by atoms with Crippen molar-refractivity contribution in [1.82, 2.24) is 10.6 Å². The van der Waals surface area contributed by atoms with Crippen LogP contribution in [0.1, 0.15) is 33.1 Å². The Morgan fingerprint density at radius 1 is 1.31 bits per heavy atom. The minimum Gasteiger partial charge on any atom is -0.489 e. The first-order valence-corrected chi connectivity index (χ1v) is 10.3. The van der Waals surface area contributed by atoms with Gasteiger partial charge in [-0.2, -0.15) is 0 Å². The van der Waals surface area contributed by atoms with E-state index < -0.39 is 0 Å². The van der Waals surface area contributed by atoms with Crippen molar-refractivity contribution in [2.24, 2.45) is 10.9 Å². The Kier molecular flexibility index (Phi) is 14.0. The van der Waals surface area contributed by atoms with E-state index in [1.54, 1.807) is 12.1 Å². The van der Waals surface area contributed by atoms with Gasteiger partial charge in [-0.1, -0.05) is 6.07 Å². The van der Waals surface area contributed by atoms with Crippen LogP contribution in [0.3, 0.4) is 0 Å². The molecule has 0 amide bonds. The van der Waals surface area contributed by atoms with Crippen LogP contribution in [-0.2, 0) is 9.47 Å². The van der Waals surface area contributed by atoms with E-state index in [4.69, 9.17) is 14.2 Å². The highest BCUT2D eigenvalue weighted by Gasteiger charge is 2.13. The second kappa shape index (κ2) is 15.7. The van der Waals surface area contributed by atoms with E-state index in [9.17, 15) is 4.39 Å².